The summed E-state index contributed by atoms with van der Waals surface area (Å²) in [6, 6.07) is 8.97. The van der Waals surface area contributed by atoms with Crippen LogP contribution < -0.4 is 5.32 Å². The normalized spacial score (nSPS) is 10.6. The van der Waals surface area contributed by atoms with Gasteiger partial charge < -0.3 is 14.8 Å². The third-order valence-electron chi connectivity index (χ3n) is 3.79. The van der Waals surface area contributed by atoms with Gasteiger partial charge in [-0.3, -0.25) is 19.3 Å². The Hall–Kier alpha value is -2.91. The molecule has 0 spiro atoms. The van der Waals surface area contributed by atoms with E-state index < -0.39 is 17.8 Å². The number of nitrogens with zero attached hydrogens (tertiary/aromatic N) is 3. The number of hydrogen-bond donors (Lipinski definition) is 1. The summed E-state index contributed by atoms with van der Waals surface area (Å²) in [5, 5.41) is 7.50. The maximum absolute atomic E-state index is 12.4. The number of methoxy groups -OCH3 is 2. The number of rotatable bonds is 9. The van der Waals surface area contributed by atoms with E-state index >= 15 is 0 Å². The van der Waals surface area contributed by atoms with Crippen molar-refractivity contribution < 1.29 is 23.9 Å². The number of nitrogens with one attached hydrogen (secondary N) is 1. The van der Waals surface area contributed by atoms with Gasteiger partial charge in [-0.1, -0.05) is 29.8 Å². The number of benzene rings is 1. The minimum Gasteiger partial charge on any atom is -0.468 e. The van der Waals surface area contributed by atoms with Gasteiger partial charge in [0.15, 0.2) is 0 Å². The molecule has 1 heterocycles. The molecule has 0 fully saturated rings. The highest BCUT2D eigenvalue weighted by Crippen LogP contribution is 2.18. The maximum Gasteiger partial charge on any atom is 0.319 e. The number of ether oxygens (including phenoxy) is 2. The summed E-state index contributed by atoms with van der Waals surface area (Å²) >= 11 is 6.17. The highest BCUT2D eigenvalue weighted by Gasteiger charge is 2.19. The summed E-state index contributed by atoms with van der Waals surface area (Å²) in [7, 11) is 2.46. The molecule has 10 heteroatoms. The van der Waals surface area contributed by atoms with Crippen molar-refractivity contribution in [2.45, 2.75) is 6.54 Å². The van der Waals surface area contributed by atoms with Crippen molar-refractivity contribution in [2.24, 2.45) is 0 Å². The fourth-order valence-electron chi connectivity index (χ4n) is 2.40. The van der Waals surface area contributed by atoms with Crippen molar-refractivity contribution in [3.8, 4) is 0 Å². The zero-order chi connectivity index (χ0) is 20.5. The van der Waals surface area contributed by atoms with E-state index in [1.165, 1.54) is 19.1 Å². The summed E-state index contributed by atoms with van der Waals surface area (Å²) in [5.41, 5.74) is 0.848. The van der Waals surface area contributed by atoms with Crippen LogP contribution in [0.15, 0.2) is 36.5 Å². The number of hydrogen-bond acceptors (Lipinski definition) is 7. The number of anilines is 1. The molecule has 1 aromatic carbocycles. The minimum absolute atomic E-state index is 0.207. The monoisotopic (exact) mass is 408 g/mol. The molecule has 28 heavy (non-hydrogen) atoms. The Balaban J connectivity index is 2.03. The molecule has 0 unspecified atom stereocenters. The molecule has 0 saturated heterocycles. The third-order valence-corrected chi connectivity index (χ3v) is 4.16. The standard InChI is InChI=1S/C18H21ClN4O5/c1-27-17(25)11-22(12-18(26)28-2)10-16(24)21-15-7-8-20-23(15)9-13-5-3-4-6-14(13)19/h3-8H,9-12H2,1-2H3,(H,21,24). The van der Waals surface area contributed by atoms with Crippen molar-refractivity contribution in [2.75, 3.05) is 39.2 Å². The molecule has 0 radical (unpaired) electrons. The second kappa shape index (κ2) is 10.4. The van der Waals surface area contributed by atoms with Crippen LogP contribution in [0, 0.1) is 0 Å². The number of halogens is 1. The lowest BCUT2D eigenvalue weighted by Crippen LogP contribution is -2.41. The van der Waals surface area contributed by atoms with Gasteiger partial charge in [0, 0.05) is 11.1 Å². The lowest BCUT2D eigenvalue weighted by molar-refractivity contribution is -0.145. The van der Waals surface area contributed by atoms with Crippen molar-refractivity contribution in [3.05, 3.63) is 47.1 Å². The smallest absolute Gasteiger partial charge is 0.319 e. The summed E-state index contributed by atoms with van der Waals surface area (Å²) in [6.07, 6.45) is 1.55. The van der Waals surface area contributed by atoms with Crippen LogP contribution in [-0.2, 0) is 30.4 Å². The molecule has 0 bridgehead atoms. The van der Waals surface area contributed by atoms with Gasteiger partial charge >= 0.3 is 11.9 Å². The molecule has 1 amide bonds. The van der Waals surface area contributed by atoms with Gasteiger partial charge in [0.1, 0.15) is 5.82 Å². The van der Waals surface area contributed by atoms with Crippen molar-refractivity contribution >= 4 is 35.3 Å². The van der Waals surface area contributed by atoms with Crippen molar-refractivity contribution in [3.63, 3.8) is 0 Å². The van der Waals surface area contributed by atoms with Crippen molar-refractivity contribution in [1.29, 1.82) is 0 Å². The molecule has 150 valence electrons. The molecule has 2 rings (SSSR count). The van der Waals surface area contributed by atoms with E-state index in [1.54, 1.807) is 23.0 Å². The van der Waals surface area contributed by atoms with E-state index in [1.807, 2.05) is 18.2 Å². The summed E-state index contributed by atoms with van der Waals surface area (Å²) < 4.78 is 10.8. The average Bonchev–Trinajstić information content (AvgIpc) is 3.09. The van der Waals surface area contributed by atoms with Crippen LogP contribution in [0.1, 0.15) is 5.56 Å². The average molecular weight is 409 g/mol. The first-order valence-corrected chi connectivity index (χ1v) is 8.71. The Morgan fingerprint density at radius 2 is 1.71 bits per heavy atom. The number of carbonyl (C=O) groups is 3. The van der Waals surface area contributed by atoms with Crippen LogP contribution in [0.25, 0.3) is 0 Å². The fourth-order valence-corrected chi connectivity index (χ4v) is 2.60. The largest absolute Gasteiger partial charge is 0.468 e. The Morgan fingerprint density at radius 1 is 1.07 bits per heavy atom. The maximum atomic E-state index is 12.4. The molecule has 9 nitrogen and oxygen atoms in total. The van der Waals surface area contributed by atoms with Gasteiger partial charge in [-0.25, -0.2) is 4.68 Å². The van der Waals surface area contributed by atoms with Gasteiger partial charge in [0.2, 0.25) is 5.91 Å². The van der Waals surface area contributed by atoms with Gasteiger partial charge in [-0.05, 0) is 11.6 Å². The SMILES string of the molecule is COC(=O)CN(CC(=O)Nc1ccnn1Cc1ccccc1Cl)CC(=O)OC. The highest BCUT2D eigenvalue weighted by atomic mass is 35.5. The predicted molar refractivity (Wildman–Crippen MR) is 102 cm³/mol. The second-order valence-corrected chi connectivity index (χ2v) is 6.22. The Kier molecular flexibility index (Phi) is 7.97. The molecule has 1 aromatic heterocycles. The van der Waals surface area contributed by atoms with E-state index in [0.29, 0.717) is 17.4 Å². The molecule has 0 atom stereocenters. The summed E-state index contributed by atoms with van der Waals surface area (Å²) in [5.74, 6) is -1.10. The molecular weight excluding hydrogens is 388 g/mol. The first-order valence-electron chi connectivity index (χ1n) is 8.34. The van der Waals surface area contributed by atoms with E-state index in [-0.39, 0.29) is 19.6 Å². The quantitative estimate of drug-likeness (QED) is 0.621. The van der Waals surface area contributed by atoms with E-state index in [9.17, 15) is 14.4 Å². The molecule has 0 aliphatic carbocycles. The third kappa shape index (κ3) is 6.36. The minimum atomic E-state index is -0.569. The number of esters is 2. The van der Waals surface area contributed by atoms with Crippen LogP contribution in [0.3, 0.4) is 0 Å². The first-order chi connectivity index (χ1) is 13.4. The van der Waals surface area contributed by atoms with E-state index in [4.69, 9.17) is 11.6 Å². The lowest BCUT2D eigenvalue weighted by Gasteiger charge is -2.19. The fraction of sp³-hybridized carbons (Fsp3) is 0.333. The Bertz CT molecular complexity index is 821. The summed E-state index contributed by atoms with van der Waals surface area (Å²) in [6.45, 7) is -0.284. The zero-order valence-corrected chi connectivity index (χ0v) is 16.3. The van der Waals surface area contributed by atoms with E-state index in [0.717, 1.165) is 5.56 Å². The lowest BCUT2D eigenvalue weighted by atomic mass is 10.2. The van der Waals surface area contributed by atoms with Crippen LogP contribution in [-0.4, -0.2) is 66.4 Å². The number of carbonyl (C=O) groups excluding carboxylic acids is 3. The zero-order valence-electron chi connectivity index (χ0n) is 15.6. The second-order valence-electron chi connectivity index (χ2n) is 5.81. The topological polar surface area (TPSA) is 103 Å². The molecule has 0 aliphatic heterocycles. The number of amides is 1. The van der Waals surface area contributed by atoms with Crippen LogP contribution >= 0.6 is 11.6 Å². The van der Waals surface area contributed by atoms with Gasteiger partial charge in [-0.15, -0.1) is 0 Å². The van der Waals surface area contributed by atoms with Gasteiger partial charge in [0.25, 0.3) is 0 Å². The Labute approximate surface area is 167 Å². The first kappa shape index (κ1) is 21.4. The highest BCUT2D eigenvalue weighted by molar-refractivity contribution is 6.31. The molecule has 0 saturated carbocycles. The molecule has 0 aliphatic rings. The van der Waals surface area contributed by atoms with Gasteiger partial charge in [0.05, 0.1) is 46.6 Å². The van der Waals surface area contributed by atoms with E-state index in [2.05, 4.69) is 19.9 Å². The molecular formula is C18H21ClN4O5. The molecule has 1 N–H and O–H groups in total. The van der Waals surface area contributed by atoms with Crippen LogP contribution in [0.2, 0.25) is 5.02 Å². The number of aromatic nitrogens is 2. The van der Waals surface area contributed by atoms with Crippen LogP contribution in [0.4, 0.5) is 5.82 Å². The van der Waals surface area contributed by atoms with Gasteiger partial charge in [-0.2, -0.15) is 5.10 Å². The predicted octanol–water partition coefficient (Wildman–Crippen LogP) is 1.17. The van der Waals surface area contributed by atoms with Crippen LogP contribution in [0.5, 0.6) is 0 Å². The molecule has 2 aromatic rings. The Morgan fingerprint density at radius 3 is 2.32 bits per heavy atom. The van der Waals surface area contributed by atoms with Crippen molar-refractivity contribution in [1.82, 2.24) is 14.7 Å². The summed E-state index contributed by atoms with van der Waals surface area (Å²) in [4.78, 5) is 36.7.